The lowest BCUT2D eigenvalue weighted by Crippen LogP contribution is -2.52. The molecule has 4 bridgehead atoms. The minimum atomic E-state index is -0.878. The Morgan fingerprint density at radius 2 is 1.65 bits per heavy atom. The predicted octanol–water partition coefficient (Wildman–Crippen LogP) is 3.12. The third-order valence-electron chi connectivity index (χ3n) is 6.02. The number of hydrogen-bond acceptors (Lipinski definition) is 2. The Balaban J connectivity index is 1.87. The van der Waals surface area contributed by atoms with E-state index in [9.17, 15) is 9.90 Å². The van der Waals surface area contributed by atoms with Crippen molar-refractivity contribution < 1.29 is 9.90 Å². The van der Waals surface area contributed by atoms with Crippen LogP contribution in [0.25, 0.3) is 0 Å². The average molecular weight is 274 g/mol. The van der Waals surface area contributed by atoms with E-state index in [4.69, 9.17) is 0 Å². The lowest BCUT2D eigenvalue weighted by atomic mass is 9.53. The Morgan fingerprint density at radius 1 is 1.15 bits per heavy atom. The van der Waals surface area contributed by atoms with Crippen molar-refractivity contribution in [3.05, 3.63) is 17.2 Å². The molecule has 20 heavy (non-hydrogen) atoms. The summed E-state index contributed by atoms with van der Waals surface area (Å²) in [7, 11) is 0. The molecule has 0 aliphatic heterocycles. The highest BCUT2D eigenvalue weighted by Gasteiger charge is 2.53. The van der Waals surface area contributed by atoms with Gasteiger partial charge in [-0.1, -0.05) is 0 Å². The van der Waals surface area contributed by atoms with Gasteiger partial charge < -0.3 is 9.67 Å². The first-order valence-electron chi connectivity index (χ1n) is 7.78. The fraction of sp³-hybridized carbons (Fsp3) is 0.750. The molecule has 4 aliphatic rings. The summed E-state index contributed by atoms with van der Waals surface area (Å²) in [6, 6.07) is 0. The molecule has 4 aliphatic carbocycles. The predicted molar refractivity (Wildman–Crippen MR) is 74.8 cm³/mol. The van der Waals surface area contributed by atoms with Crippen LogP contribution in [-0.4, -0.2) is 20.6 Å². The van der Waals surface area contributed by atoms with Crippen molar-refractivity contribution in [2.45, 2.75) is 57.9 Å². The maximum Gasteiger partial charge on any atom is 0.372 e. The van der Waals surface area contributed by atoms with Gasteiger partial charge in [-0.05, 0) is 70.1 Å². The molecule has 0 saturated heterocycles. The molecule has 4 fully saturated rings. The number of carboxylic acid groups (broad SMARTS) is 1. The number of carboxylic acids is 1. The zero-order valence-electron chi connectivity index (χ0n) is 12.2. The highest BCUT2D eigenvalue weighted by Crippen LogP contribution is 2.59. The van der Waals surface area contributed by atoms with Crippen LogP contribution in [0.2, 0.25) is 0 Å². The number of aromatic nitrogens is 2. The van der Waals surface area contributed by atoms with Crippen molar-refractivity contribution in [3.8, 4) is 0 Å². The van der Waals surface area contributed by atoms with Gasteiger partial charge in [0, 0.05) is 11.2 Å². The number of aryl methyl sites for hydroxylation is 1. The van der Waals surface area contributed by atoms with Gasteiger partial charge in [0.15, 0.2) is 0 Å². The Bertz CT molecular complexity index is 552. The van der Waals surface area contributed by atoms with E-state index in [1.165, 1.54) is 19.3 Å². The topological polar surface area (TPSA) is 55.1 Å². The Kier molecular flexibility index (Phi) is 2.40. The Hall–Kier alpha value is -1.32. The summed E-state index contributed by atoms with van der Waals surface area (Å²) in [5.74, 6) is 1.82. The van der Waals surface area contributed by atoms with E-state index >= 15 is 0 Å². The van der Waals surface area contributed by atoms with Crippen LogP contribution in [0, 0.1) is 31.6 Å². The fourth-order valence-corrected chi connectivity index (χ4v) is 5.67. The summed E-state index contributed by atoms with van der Waals surface area (Å²) in [6.45, 7) is 3.96. The highest BCUT2D eigenvalue weighted by molar-refractivity contribution is 5.84. The van der Waals surface area contributed by atoms with Crippen LogP contribution in [0.4, 0.5) is 0 Å². The van der Waals surface area contributed by atoms with Crippen molar-refractivity contribution >= 4 is 5.97 Å². The van der Waals surface area contributed by atoms with Gasteiger partial charge in [-0.3, -0.25) is 0 Å². The second-order valence-electron chi connectivity index (χ2n) is 7.39. The van der Waals surface area contributed by atoms with Crippen molar-refractivity contribution in [1.29, 1.82) is 0 Å². The molecule has 4 heteroatoms. The first-order valence-corrected chi connectivity index (χ1v) is 7.78. The van der Waals surface area contributed by atoms with Crippen LogP contribution in [0.1, 0.15) is 60.5 Å². The quantitative estimate of drug-likeness (QED) is 0.901. The van der Waals surface area contributed by atoms with E-state index < -0.39 is 5.97 Å². The minimum absolute atomic E-state index is 0.0494. The molecular weight excluding hydrogens is 252 g/mol. The van der Waals surface area contributed by atoms with Gasteiger partial charge in [-0.2, -0.15) is 0 Å². The van der Waals surface area contributed by atoms with E-state index in [1.54, 1.807) is 0 Å². The molecule has 4 saturated carbocycles. The smallest absolute Gasteiger partial charge is 0.372 e. The molecule has 0 aromatic carbocycles. The summed E-state index contributed by atoms with van der Waals surface area (Å²) in [5, 5.41) is 9.52. The molecule has 1 aromatic heterocycles. The van der Waals surface area contributed by atoms with E-state index in [2.05, 4.69) is 9.55 Å². The molecule has 1 N–H and O–H groups in total. The van der Waals surface area contributed by atoms with Gasteiger partial charge in [0.05, 0.1) is 5.69 Å². The van der Waals surface area contributed by atoms with E-state index in [-0.39, 0.29) is 11.4 Å². The molecule has 0 atom stereocenters. The van der Waals surface area contributed by atoms with Crippen LogP contribution in [0.15, 0.2) is 0 Å². The molecule has 0 spiro atoms. The number of imidazole rings is 1. The van der Waals surface area contributed by atoms with Gasteiger partial charge in [-0.15, -0.1) is 0 Å². The standard InChI is InChI=1S/C16H22N2O2/c1-9-10(2)18(14(17-9)15(19)20)16-6-11-3-12(7-16)5-13(4-11)8-16/h11-13H,3-8H2,1-2H3,(H,19,20). The first-order chi connectivity index (χ1) is 9.48. The molecular formula is C16H22N2O2. The van der Waals surface area contributed by atoms with Crippen molar-refractivity contribution in [3.63, 3.8) is 0 Å². The number of aromatic carboxylic acids is 1. The van der Waals surface area contributed by atoms with Crippen molar-refractivity contribution in [1.82, 2.24) is 9.55 Å². The monoisotopic (exact) mass is 274 g/mol. The zero-order valence-corrected chi connectivity index (χ0v) is 12.2. The molecule has 1 heterocycles. The Morgan fingerprint density at radius 3 is 2.10 bits per heavy atom. The first kappa shape index (κ1) is 12.4. The summed E-state index contributed by atoms with van der Waals surface area (Å²) in [5.41, 5.74) is 1.98. The molecule has 0 unspecified atom stereocenters. The average Bonchev–Trinajstić information content (AvgIpc) is 2.65. The molecule has 108 valence electrons. The maximum atomic E-state index is 11.6. The molecule has 0 amide bonds. The Labute approximate surface area is 119 Å². The van der Waals surface area contributed by atoms with Crippen LogP contribution in [-0.2, 0) is 5.54 Å². The number of nitrogens with zero attached hydrogens (tertiary/aromatic N) is 2. The van der Waals surface area contributed by atoms with E-state index in [0.717, 1.165) is 48.4 Å². The van der Waals surface area contributed by atoms with Gasteiger partial charge in [-0.25, -0.2) is 9.78 Å². The number of rotatable bonds is 2. The molecule has 4 nitrogen and oxygen atoms in total. The van der Waals surface area contributed by atoms with E-state index in [1.807, 2.05) is 13.8 Å². The van der Waals surface area contributed by atoms with Gasteiger partial charge in [0.1, 0.15) is 0 Å². The van der Waals surface area contributed by atoms with Crippen LogP contribution >= 0.6 is 0 Å². The summed E-state index contributed by atoms with van der Waals surface area (Å²) in [6.07, 6.45) is 7.60. The van der Waals surface area contributed by atoms with Crippen LogP contribution in [0.5, 0.6) is 0 Å². The van der Waals surface area contributed by atoms with Crippen LogP contribution in [0.3, 0.4) is 0 Å². The number of carbonyl (C=O) groups is 1. The number of hydrogen-bond donors (Lipinski definition) is 1. The SMILES string of the molecule is Cc1nc(C(=O)O)n(C23CC4CC(CC(C4)C2)C3)c1C. The second kappa shape index (κ2) is 3.86. The normalized spacial score (nSPS) is 38.4. The largest absolute Gasteiger partial charge is 0.475 e. The fourth-order valence-electron chi connectivity index (χ4n) is 5.67. The molecule has 1 aromatic rings. The van der Waals surface area contributed by atoms with Crippen LogP contribution < -0.4 is 0 Å². The zero-order chi connectivity index (χ0) is 14.1. The summed E-state index contributed by atoms with van der Waals surface area (Å²) < 4.78 is 2.11. The van der Waals surface area contributed by atoms with Gasteiger partial charge >= 0.3 is 5.97 Å². The minimum Gasteiger partial charge on any atom is -0.475 e. The summed E-state index contributed by atoms with van der Waals surface area (Å²) >= 11 is 0. The second-order valence-corrected chi connectivity index (χ2v) is 7.39. The highest BCUT2D eigenvalue weighted by atomic mass is 16.4. The molecule has 0 radical (unpaired) electrons. The van der Waals surface area contributed by atoms with E-state index in [0.29, 0.717) is 0 Å². The lowest BCUT2D eigenvalue weighted by molar-refractivity contribution is -0.0454. The molecule has 5 rings (SSSR count). The van der Waals surface area contributed by atoms with Gasteiger partial charge in [0.2, 0.25) is 5.82 Å². The van der Waals surface area contributed by atoms with Crippen molar-refractivity contribution in [2.24, 2.45) is 17.8 Å². The maximum absolute atomic E-state index is 11.6. The van der Waals surface area contributed by atoms with Gasteiger partial charge in [0.25, 0.3) is 0 Å². The van der Waals surface area contributed by atoms with Crippen molar-refractivity contribution in [2.75, 3.05) is 0 Å². The third kappa shape index (κ3) is 1.54. The summed E-state index contributed by atoms with van der Waals surface area (Å²) in [4.78, 5) is 15.9. The lowest BCUT2D eigenvalue weighted by Gasteiger charge is -2.57. The third-order valence-corrected chi connectivity index (χ3v) is 6.02.